The fourth-order valence-electron chi connectivity index (χ4n) is 3.01. The number of benzene rings is 2. The van der Waals surface area contributed by atoms with Gasteiger partial charge in [0.05, 0.1) is 5.69 Å². The van der Waals surface area contributed by atoms with Crippen LogP contribution in [0.1, 0.15) is 19.4 Å². The van der Waals surface area contributed by atoms with Crippen LogP contribution in [-0.4, -0.2) is 23.1 Å². The third-order valence-corrected chi connectivity index (χ3v) is 5.98. The van der Waals surface area contributed by atoms with Crippen LogP contribution in [0.4, 0.5) is 17.5 Å². The summed E-state index contributed by atoms with van der Waals surface area (Å²) in [6, 6.07) is 14.6. The monoisotopic (exact) mass is 457 g/mol. The molecular weight excluding hydrogens is 432 g/mol. The second-order valence-electron chi connectivity index (χ2n) is 8.07. The molecule has 0 saturated carbocycles. The van der Waals surface area contributed by atoms with E-state index in [-0.39, 0.29) is 11.4 Å². The Morgan fingerprint density at radius 3 is 2.45 bits per heavy atom. The van der Waals surface area contributed by atoms with Gasteiger partial charge in [0.1, 0.15) is 5.82 Å². The Hall–Kier alpha value is -2.84. The van der Waals surface area contributed by atoms with Crippen LogP contribution in [0.15, 0.2) is 53.4 Å². The predicted molar refractivity (Wildman–Crippen MR) is 128 cm³/mol. The summed E-state index contributed by atoms with van der Waals surface area (Å²) in [5.74, 6) is 0.847. The van der Waals surface area contributed by atoms with Crippen LogP contribution in [0.5, 0.6) is 0 Å². The third kappa shape index (κ3) is 6.08. The first-order valence-corrected chi connectivity index (χ1v) is 11.3. The van der Waals surface area contributed by atoms with Crippen molar-refractivity contribution in [2.75, 3.05) is 29.5 Å². The molecule has 0 aliphatic rings. The number of nitrogens with zero attached hydrogens (tertiary/aromatic N) is 2. The lowest BCUT2D eigenvalue weighted by Gasteiger charge is -2.26. The molecule has 7 nitrogen and oxygen atoms in total. The quantitative estimate of drug-likeness (QED) is 0.340. The molecule has 3 aromatic rings. The van der Waals surface area contributed by atoms with Gasteiger partial charge in [0.15, 0.2) is 0 Å². The maximum Gasteiger partial charge on any atom is 0.222 e. The maximum absolute atomic E-state index is 11.2. The van der Waals surface area contributed by atoms with Gasteiger partial charge < -0.3 is 25.4 Å². The van der Waals surface area contributed by atoms with Crippen molar-refractivity contribution in [3.05, 3.63) is 59.1 Å². The van der Waals surface area contributed by atoms with E-state index < -0.39 is 10.6 Å². The van der Waals surface area contributed by atoms with E-state index in [4.69, 9.17) is 22.1 Å². The number of nitrogen functional groups attached to an aromatic ring is 1. The van der Waals surface area contributed by atoms with E-state index >= 15 is 0 Å². The largest absolute Gasteiger partial charge is 0.440 e. The molecule has 1 aromatic heterocycles. The molecule has 0 radical (unpaired) electrons. The van der Waals surface area contributed by atoms with E-state index in [0.29, 0.717) is 28.8 Å². The molecule has 0 bridgehead atoms. The first-order valence-electron chi connectivity index (χ1n) is 9.75. The van der Waals surface area contributed by atoms with Crippen molar-refractivity contribution in [3.63, 3.8) is 0 Å². The number of hydrogen-bond acceptors (Lipinski definition) is 8. The lowest BCUT2D eigenvalue weighted by molar-refractivity contribution is 0.419. The topological polar surface area (TPSA) is 117 Å². The predicted octanol–water partition coefficient (Wildman–Crippen LogP) is 5.32. The molecule has 2 aromatic carbocycles. The molecular formula is C22H26ClN6OS-. The second kappa shape index (κ2) is 9.53. The van der Waals surface area contributed by atoms with Gasteiger partial charge in [0.25, 0.3) is 0 Å². The van der Waals surface area contributed by atoms with Crippen molar-refractivity contribution in [2.45, 2.75) is 25.7 Å². The molecule has 0 amide bonds. The lowest BCUT2D eigenvalue weighted by Crippen LogP contribution is -2.31. The number of hydrogen-bond donors (Lipinski definition) is 4. The Morgan fingerprint density at radius 1 is 1.10 bits per heavy atom. The molecule has 1 heterocycles. The van der Waals surface area contributed by atoms with Crippen LogP contribution >= 0.6 is 11.6 Å². The summed E-state index contributed by atoms with van der Waals surface area (Å²) in [7, 11) is -1.72. The van der Waals surface area contributed by atoms with Crippen molar-refractivity contribution < 1.29 is 4.21 Å². The summed E-state index contributed by atoms with van der Waals surface area (Å²) in [5, 5.41) is 7.42. The van der Waals surface area contributed by atoms with E-state index in [1.54, 1.807) is 12.1 Å². The van der Waals surface area contributed by atoms with Gasteiger partial charge in [-0.15, -0.1) is 0 Å². The Bertz CT molecular complexity index is 1140. The number of nitrogens with two attached hydrogens (primary N) is 1. The van der Waals surface area contributed by atoms with Crippen molar-refractivity contribution in [3.8, 4) is 11.3 Å². The molecule has 3 rings (SSSR count). The first kappa shape index (κ1) is 22.8. The van der Waals surface area contributed by atoms with E-state index in [2.05, 4.69) is 34.4 Å². The minimum atomic E-state index is -1.72. The molecule has 0 unspecified atom stereocenters. The standard InChI is InChI=1S/C22H26ClN6OS/c1-14-17(5-4-6-18(14)23)19-11-20(29-21(24)28-19)27-13-22(2,3)12-26-15-7-9-16(10-8-15)31(25)30/h4-11,25-26H,12-13H2,1-3H3,(H3,24,27,28,29)/q-1. The first-order chi connectivity index (χ1) is 14.6. The van der Waals surface area contributed by atoms with Gasteiger partial charge >= 0.3 is 0 Å². The molecule has 0 atom stereocenters. The fraction of sp³-hybridized carbons (Fsp3) is 0.273. The highest BCUT2D eigenvalue weighted by atomic mass is 35.5. The lowest BCUT2D eigenvalue weighted by atomic mass is 9.93. The fourth-order valence-corrected chi connectivity index (χ4v) is 3.57. The summed E-state index contributed by atoms with van der Waals surface area (Å²) in [4.78, 5) is 9.17. The van der Waals surface area contributed by atoms with Gasteiger partial charge in [-0.2, -0.15) is 15.6 Å². The summed E-state index contributed by atoms with van der Waals surface area (Å²) in [6.07, 6.45) is 0. The molecule has 5 N–H and O–H groups in total. The molecule has 0 fully saturated rings. The molecule has 0 saturated heterocycles. The van der Waals surface area contributed by atoms with Crippen LogP contribution < -0.4 is 16.4 Å². The minimum absolute atomic E-state index is 0.108. The molecule has 0 spiro atoms. The van der Waals surface area contributed by atoms with E-state index in [0.717, 1.165) is 22.5 Å². The van der Waals surface area contributed by atoms with Crippen molar-refractivity contribution in [1.82, 2.24) is 9.97 Å². The van der Waals surface area contributed by atoms with Crippen LogP contribution in [0, 0.1) is 17.1 Å². The van der Waals surface area contributed by atoms with E-state index in [9.17, 15) is 4.21 Å². The highest BCUT2D eigenvalue weighted by Crippen LogP contribution is 2.29. The van der Waals surface area contributed by atoms with E-state index in [1.807, 2.05) is 43.3 Å². The molecule has 31 heavy (non-hydrogen) atoms. The number of halogens is 1. The molecule has 0 aliphatic carbocycles. The molecule has 9 heteroatoms. The van der Waals surface area contributed by atoms with Crippen LogP contribution in [-0.2, 0) is 14.8 Å². The highest BCUT2D eigenvalue weighted by molar-refractivity contribution is 7.73. The molecule has 164 valence electrons. The van der Waals surface area contributed by atoms with Crippen molar-refractivity contribution in [1.29, 1.82) is 4.78 Å². The zero-order valence-corrected chi connectivity index (χ0v) is 19.3. The number of aromatic nitrogens is 2. The average molecular weight is 458 g/mol. The summed E-state index contributed by atoms with van der Waals surface area (Å²) >= 11 is 6.25. The van der Waals surface area contributed by atoms with Gasteiger partial charge in [0, 0.05) is 35.4 Å². The summed E-state index contributed by atoms with van der Waals surface area (Å²) in [5.41, 5.74) is 9.33. The van der Waals surface area contributed by atoms with Crippen LogP contribution in [0.25, 0.3) is 11.3 Å². The normalized spacial score (nSPS) is 11.5. The van der Waals surface area contributed by atoms with Gasteiger partial charge in [-0.1, -0.05) is 54.6 Å². The van der Waals surface area contributed by atoms with Crippen LogP contribution in [0.3, 0.4) is 0 Å². The molecule has 0 aliphatic heterocycles. The number of anilines is 3. The highest BCUT2D eigenvalue weighted by Gasteiger charge is 2.18. The zero-order valence-electron chi connectivity index (χ0n) is 17.7. The Balaban J connectivity index is 1.67. The number of nitrogens with one attached hydrogen (secondary N) is 3. The van der Waals surface area contributed by atoms with Gasteiger partial charge in [-0.3, -0.25) is 0 Å². The average Bonchev–Trinajstić information content (AvgIpc) is 2.73. The summed E-state index contributed by atoms with van der Waals surface area (Å²) < 4.78 is 18.4. The second-order valence-corrected chi connectivity index (χ2v) is 9.49. The minimum Gasteiger partial charge on any atom is -0.440 e. The third-order valence-electron chi connectivity index (χ3n) is 4.87. The van der Waals surface area contributed by atoms with Crippen molar-refractivity contribution in [2.24, 2.45) is 5.41 Å². The van der Waals surface area contributed by atoms with Crippen LogP contribution in [0.2, 0.25) is 5.02 Å². The Labute approximate surface area is 189 Å². The van der Waals surface area contributed by atoms with Gasteiger partial charge in [-0.05, 0) is 36.1 Å². The summed E-state index contributed by atoms with van der Waals surface area (Å²) in [6.45, 7) is 7.56. The van der Waals surface area contributed by atoms with Crippen molar-refractivity contribution >= 4 is 39.7 Å². The maximum atomic E-state index is 11.2. The van der Waals surface area contributed by atoms with Gasteiger partial charge in [0.2, 0.25) is 5.95 Å². The SMILES string of the molecule is Cc1c(Cl)cccc1-c1cc(NCC(C)(C)CNc2ccc([S-](=N)=O)cc2)nc(N)n1. The van der Waals surface area contributed by atoms with E-state index in [1.165, 1.54) is 0 Å². The Morgan fingerprint density at radius 2 is 1.77 bits per heavy atom. The smallest absolute Gasteiger partial charge is 0.222 e. The Kier molecular flexibility index (Phi) is 7.02. The zero-order chi connectivity index (χ0) is 22.6. The number of rotatable bonds is 8. The van der Waals surface area contributed by atoms with Gasteiger partial charge in [-0.25, -0.2) is 4.98 Å².